The number of aliphatic hydroxyl groups excluding tert-OH is 1. The number of rotatable bonds is 19. The van der Waals surface area contributed by atoms with Crippen molar-refractivity contribution in [1.29, 1.82) is 0 Å². The van der Waals surface area contributed by atoms with Crippen molar-refractivity contribution in [2.45, 2.75) is 102 Å². The number of nitrogen functional groups attached to an aromatic ring is 1. The lowest BCUT2D eigenvalue weighted by molar-refractivity contribution is -0.127. The lowest BCUT2D eigenvalue weighted by atomic mass is 9.78. The van der Waals surface area contributed by atoms with Gasteiger partial charge < -0.3 is 25.7 Å². The van der Waals surface area contributed by atoms with Crippen LogP contribution in [0.25, 0.3) is 0 Å². The van der Waals surface area contributed by atoms with Crippen LogP contribution in [-0.4, -0.2) is 40.5 Å². The van der Waals surface area contributed by atoms with Crippen LogP contribution in [0.2, 0.25) is 0 Å². The van der Waals surface area contributed by atoms with Gasteiger partial charge in [-0.05, 0) is 60.4 Å². The van der Waals surface area contributed by atoms with Gasteiger partial charge in [0.1, 0.15) is 17.4 Å². The minimum absolute atomic E-state index is 0.0125. The fourth-order valence-electron chi connectivity index (χ4n) is 6.87. The van der Waals surface area contributed by atoms with E-state index < -0.39 is 5.92 Å². The molecular weight excluding hydrogens is 566 g/mol. The van der Waals surface area contributed by atoms with Gasteiger partial charge in [0.2, 0.25) is 0 Å². The topological polar surface area (TPSA) is 137 Å². The van der Waals surface area contributed by atoms with Gasteiger partial charge >= 0.3 is 0 Å². The molecule has 8 heteroatoms. The summed E-state index contributed by atoms with van der Waals surface area (Å²) < 4.78 is 5.53. The van der Waals surface area contributed by atoms with E-state index >= 15 is 0 Å². The van der Waals surface area contributed by atoms with E-state index in [9.17, 15) is 19.8 Å². The number of nitrogens with zero attached hydrogens (tertiary/aromatic N) is 2. The van der Waals surface area contributed by atoms with Gasteiger partial charge in [0, 0.05) is 37.1 Å². The van der Waals surface area contributed by atoms with Gasteiger partial charge in [-0.3, -0.25) is 9.59 Å². The smallest absolute Gasteiger partial charge is 0.161 e. The molecular formula is C37H50N3O5-. The molecule has 2 heterocycles. The minimum atomic E-state index is -0.453. The molecule has 2 aromatic heterocycles. The maximum atomic E-state index is 12.8. The van der Waals surface area contributed by atoms with Gasteiger partial charge in [-0.1, -0.05) is 76.0 Å². The summed E-state index contributed by atoms with van der Waals surface area (Å²) in [5.74, 6) is 0.628. The van der Waals surface area contributed by atoms with Crippen molar-refractivity contribution in [3.8, 4) is 11.5 Å². The Hall–Kier alpha value is -3.65. The Morgan fingerprint density at radius 1 is 1.04 bits per heavy atom. The number of hydrogen-bond donors (Lipinski definition) is 3. The highest BCUT2D eigenvalue weighted by atomic mass is 16.5. The number of ketones is 2. The van der Waals surface area contributed by atoms with Crippen molar-refractivity contribution in [2.75, 3.05) is 19.5 Å². The Morgan fingerprint density at radius 3 is 2.53 bits per heavy atom. The average molecular weight is 617 g/mol. The number of pyridine rings is 1. The summed E-state index contributed by atoms with van der Waals surface area (Å²) >= 11 is 0. The number of aryl methyl sites for hydroxylation is 1. The van der Waals surface area contributed by atoms with Gasteiger partial charge in [0.25, 0.3) is 0 Å². The Kier molecular flexibility index (Phi) is 13.5. The number of phenolic OH excluding ortho intramolecular Hbond substituents is 1. The highest BCUT2D eigenvalue weighted by Gasteiger charge is 2.29. The first-order valence-electron chi connectivity index (χ1n) is 16.7. The van der Waals surface area contributed by atoms with Crippen LogP contribution in [0.4, 0.5) is 5.82 Å². The van der Waals surface area contributed by atoms with E-state index in [-0.39, 0.29) is 48.4 Å². The third-order valence-corrected chi connectivity index (χ3v) is 9.31. The Morgan fingerprint density at radius 2 is 1.82 bits per heavy atom. The van der Waals surface area contributed by atoms with E-state index in [1.165, 1.54) is 52.1 Å². The Labute approximate surface area is 267 Å². The van der Waals surface area contributed by atoms with Crippen LogP contribution in [-0.2, 0) is 22.4 Å². The van der Waals surface area contributed by atoms with E-state index in [4.69, 9.17) is 10.5 Å². The molecule has 2 unspecified atom stereocenters. The summed E-state index contributed by atoms with van der Waals surface area (Å²) in [6, 6.07) is 10.9. The zero-order valence-corrected chi connectivity index (χ0v) is 26.8. The molecule has 4 rings (SSSR count). The monoisotopic (exact) mass is 616 g/mol. The van der Waals surface area contributed by atoms with Crippen molar-refractivity contribution < 1.29 is 24.5 Å². The Bertz CT molecular complexity index is 1350. The summed E-state index contributed by atoms with van der Waals surface area (Å²) in [6.07, 6.45) is 17.4. The minimum Gasteiger partial charge on any atom is -0.668 e. The number of aromatic nitrogens is 2. The number of carbonyl (C=O) groups excluding carboxylic acids is 2. The molecule has 1 fully saturated rings. The zero-order valence-electron chi connectivity index (χ0n) is 26.8. The average Bonchev–Trinajstić information content (AvgIpc) is 3.56. The number of unbranched alkanes of at least 4 members (excludes halogenated alkanes) is 3. The second-order valence-electron chi connectivity index (χ2n) is 12.7. The highest BCUT2D eigenvalue weighted by molar-refractivity contribution is 5.99. The van der Waals surface area contributed by atoms with Crippen molar-refractivity contribution in [3.05, 3.63) is 71.2 Å². The number of aromatic hydroxyl groups is 1. The molecule has 1 aromatic carbocycles. The number of anilines is 1. The van der Waals surface area contributed by atoms with Gasteiger partial charge in [-0.25, -0.2) is 4.98 Å². The SMILES string of the molecule is COc1cc(CCC(=O)CC(=O)CCCCCCC2CCCCC2)cc(C(c2ccnc(N)c2)C(CO)Cc2ccc[n-]2)c1O. The molecule has 8 nitrogen and oxygen atoms in total. The van der Waals surface area contributed by atoms with Crippen LogP contribution in [0.15, 0.2) is 48.8 Å². The summed E-state index contributed by atoms with van der Waals surface area (Å²) in [7, 11) is 1.49. The number of phenols is 1. The van der Waals surface area contributed by atoms with Gasteiger partial charge in [0.05, 0.1) is 13.5 Å². The molecule has 1 aliphatic carbocycles. The molecule has 0 saturated heterocycles. The largest absolute Gasteiger partial charge is 0.668 e. The maximum Gasteiger partial charge on any atom is 0.161 e. The molecule has 45 heavy (non-hydrogen) atoms. The first-order chi connectivity index (χ1) is 21.9. The predicted octanol–water partition coefficient (Wildman–Crippen LogP) is 6.70. The van der Waals surface area contributed by atoms with E-state index in [1.807, 2.05) is 24.3 Å². The molecule has 244 valence electrons. The standard InChI is InChI=1S/C37H50N3O5/c1-45-34-21-27(15-16-32(43)24-31(42)14-8-3-2-5-10-26-11-6-4-7-12-26)20-33(37(34)44)36(28-17-19-40-35(38)23-28)29(25-41)22-30-13-9-18-39-30/h9,13,17-21,23,26,29,36,41,44H,2-8,10-12,14-16,22,24-25H2,1H3,(H2,38,40)/q-1. The number of Topliss-reactive ketones (excluding diaryl/α,β-unsaturated/α-hetero) is 2. The summed E-state index contributed by atoms with van der Waals surface area (Å²) in [4.78, 5) is 33.9. The van der Waals surface area contributed by atoms with Gasteiger partial charge in [-0.2, -0.15) is 11.9 Å². The highest BCUT2D eigenvalue weighted by Crippen LogP contribution is 2.43. The number of methoxy groups -OCH3 is 1. The van der Waals surface area contributed by atoms with Gasteiger partial charge in [-0.15, -0.1) is 0 Å². The molecule has 2 atom stereocenters. The molecule has 0 spiro atoms. The first-order valence-corrected chi connectivity index (χ1v) is 16.7. The third-order valence-electron chi connectivity index (χ3n) is 9.31. The lowest BCUT2D eigenvalue weighted by Crippen LogP contribution is -2.22. The van der Waals surface area contributed by atoms with Crippen LogP contribution in [0, 0.1) is 11.8 Å². The second-order valence-corrected chi connectivity index (χ2v) is 12.7. The van der Waals surface area contributed by atoms with Crippen molar-refractivity contribution >= 4 is 17.4 Å². The van der Waals surface area contributed by atoms with Crippen LogP contribution in [0.1, 0.15) is 112 Å². The van der Waals surface area contributed by atoms with Crippen LogP contribution in [0.5, 0.6) is 11.5 Å². The number of aliphatic hydroxyl groups is 1. The zero-order chi connectivity index (χ0) is 32.0. The second kappa shape index (κ2) is 17.7. The molecule has 0 aliphatic heterocycles. The first kappa shape index (κ1) is 34.2. The van der Waals surface area contributed by atoms with E-state index in [0.29, 0.717) is 30.6 Å². The van der Waals surface area contributed by atoms with Crippen LogP contribution >= 0.6 is 0 Å². The number of hydrogen-bond acceptors (Lipinski definition) is 7. The molecule has 0 amide bonds. The van der Waals surface area contributed by atoms with E-state index in [1.54, 1.807) is 24.5 Å². The molecule has 0 bridgehead atoms. The number of benzene rings is 1. The fraction of sp³-hybridized carbons (Fsp3) is 0.541. The summed E-state index contributed by atoms with van der Waals surface area (Å²) in [6.45, 7) is -0.160. The molecule has 1 saturated carbocycles. The Balaban J connectivity index is 1.37. The molecule has 0 radical (unpaired) electrons. The van der Waals surface area contributed by atoms with Crippen LogP contribution in [0.3, 0.4) is 0 Å². The summed E-state index contributed by atoms with van der Waals surface area (Å²) in [5, 5.41) is 21.8. The normalized spacial score (nSPS) is 15.1. The molecule has 1 aliphatic rings. The van der Waals surface area contributed by atoms with Gasteiger partial charge in [0.15, 0.2) is 11.5 Å². The molecule has 3 aromatic rings. The van der Waals surface area contributed by atoms with Crippen molar-refractivity contribution in [3.63, 3.8) is 0 Å². The third kappa shape index (κ3) is 10.5. The van der Waals surface area contributed by atoms with E-state index in [2.05, 4.69) is 9.97 Å². The van der Waals surface area contributed by atoms with Crippen molar-refractivity contribution in [1.82, 2.24) is 9.97 Å². The molecule has 4 N–H and O–H groups in total. The lowest BCUT2D eigenvalue weighted by Gasteiger charge is -2.29. The van der Waals surface area contributed by atoms with Crippen molar-refractivity contribution in [2.24, 2.45) is 11.8 Å². The number of carbonyl (C=O) groups is 2. The van der Waals surface area contributed by atoms with Crippen LogP contribution < -0.4 is 15.5 Å². The maximum absolute atomic E-state index is 12.8. The summed E-state index contributed by atoms with van der Waals surface area (Å²) in [5.41, 5.74) is 9.02. The number of ether oxygens (including phenoxy) is 1. The predicted molar refractivity (Wildman–Crippen MR) is 176 cm³/mol. The fourth-order valence-corrected chi connectivity index (χ4v) is 6.87. The number of nitrogens with two attached hydrogens (primary N) is 1. The quantitative estimate of drug-likeness (QED) is 0.1000. The van der Waals surface area contributed by atoms with E-state index in [0.717, 1.165) is 42.0 Å².